The number of nitro groups is 1. The second kappa shape index (κ2) is 5.02. The van der Waals surface area contributed by atoms with Gasteiger partial charge in [-0.05, 0) is 30.3 Å². The fraction of sp³-hybridized carbons (Fsp3) is 0. The van der Waals surface area contributed by atoms with Crippen LogP contribution < -0.4 is 0 Å². The monoisotopic (exact) mass is 328 g/mol. The van der Waals surface area contributed by atoms with Gasteiger partial charge >= 0.3 is 0 Å². The van der Waals surface area contributed by atoms with E-state index < -0.39 is 0 Å². The van der Waals surface area contributed by atoms with Gasteiger partial charge in [0.2, 0.25) is 0 Å². The van der Waals surface area contributed by atoms with Gasteiger partial charge < -0.3 is 0 Å². The number of hydrogen-bond donors (Lipinski definition) is 0. The summed E-state index contributed by atoms with van der Waals surface area (Å²) in [6, 6.07) is 16.1. The van der Waals surface area contributed by atoms with Crippen LogP contribution in [0, 0.1) is 10.1 Å². The number of aromatic nitrogens is 1. The highest BCUT2D eigenvalue weighted by Gasteiger charge is 2.15. The molecule has 1 heterocycles. The Morgan fingerprint density at radius 3 is 2.65 bits per heavy atom. The second-order valence-corrected chi connectivity index (χ2v) is 5.22. The molecule has 3 rings (SSSR count). The van der Waals surface area contributed by atoms with Crippen LogP contribution in [-0.4, -0.2) is 9.91 Å². The molecule has 1 aromatic heterocycles. The summed E-state index contributed by atoms with van der Waals surface area (Å²) in [5, 5.41) is 12.1. The van der Waals surface area contributed by atoms with E-state index in [2.05, 4.69) is 20.9 Å². The third-order valence-electron chi connectivity index (χ3n) is 3.03. The summed E-state index contributed by atoms with van der Waals surface area (Å²) < 4.78 is 0.977. The molecule has 0 amide bonds. The summed E-state index contributed by atoms with van der Waals surface area (Å²) in [4.78, 5) is 15.2. The molecule has 0 saturated heterocycles. The van der Waals surface area contributed by atoms with Gasteiger partial charge in [0.15, 0.2) is 0 Å². The molecule has 2 aromatic carbocycles. The van der Waals surface area contributed by atoms with Gasteiger partial charge in [-0.2, -0.15) is 0 Å². The van der Waals surface area contributed by atoms with Gasteiger partial charge in [0.1, 0.15) is 0 Å². The van der Waals surface area contributed by atoms with Gasteiger partial charge in [0.25, 0.3) is 5.69 Å². The van der Waals surface area contributed by atoms with Crippen molar-refractivity contribution in [1.82, 2.24) is 4.98 Å². The summed E-state index contributed by atoms with van der Waals surface area (Å²) in [5.74, 6) is 0. The van der Waals surface area contributed by atoms with Crippen LogP contribution in [0.4, 0.5) is 5.69 Å². The zero-order chi connectivity index (χ0) is 14.1. The SMILES string of the molecule is O=[N+]([O-])c1ccccc1-c1ccc2cc(Br)ccc2n1. The van der Waals surface area contributed by atoms with Crippen LogP contribution in [0.1, 0.15) is 0 Å². The van der Waals surface area contributed by atoms with Gasteiger partial charge in [-0.3, -0.25) is 10.1 Å². The fourth-order valence-corrected chi connectivity index (χ4v) is 2.47. The quantitative estimate of drug-likeness (QED) is 0.511. The molecule has 0 aliphatic carbocycles. The molecule has 98 valence electrons. The van der Waals surface area contributed by atoms with E-state index in [-0.39, 0.29) is 10.6 Å². The Morgan fingerprint density at radius 1 is 1.05 bits per heavy atom. The predicted molar refractivity (Wildman–Crippen MR) is 81.5 cm³/mol. The Labute approximate surface area is 123 Å². The van der Waals surface area contributed by atoms with E-state index in [4.69, 9.17) is 0 Å². The Morgan fingerprint density at radius 2 is 1.85 bits per heavy atom. The summed E-state index contributed by atoms with van der Waals surface area (Å²) in [5.41, 5.74) is 2.01. The zero-order valence-corrected chi connectivity index (χ0v) is 11.9. The molecule has 0 spiro atoms. The van der Waals surface area contributed by atoms with Crippen LogP contribution in [0.5, 0.6) is 0 Å². The van der Waals surface area contributed by atoms with Crippen molar-refractivity contribution in [2.45, 2.75) is 0 Å². The summed E-state index contributed by atoms with van der Waals surface area (Å²) in [7, 11) is 0. The summed E-state index contributed by atoms with van der Waals surface area (Å²) in [6.07, 6.45) is 0. The molecule has 0 radical (unpaired) electrons. The van der Waals surface area contributed by atoms with E-state index in [1.54, 1.807) is 24.3 Å². The van der Waals surface area contributed by atoms with Crippen molar-refractivity contribution in [2.24, 2.45) is 0 Å². The standard InChI is InChI=1S/C15H9BrN2O2/c16-11-6-8-13-10(9-11)5-7-14(17-13)12-3-1-2-4-15(12)18(19)20/h1-9H. The van der Waals surface area contributed by atoms with Crippen molar-refractivity contribution in [3.8, 4) is 11.3 Å². The van der Waals surface area contributed by atoms with Gasteiger partial charge in [-0.1, -0.05) is 34.1 Å². The van der Waals surface area contributed by atoms with E-state index in [0.717, 1.165) is 15.4 Å². The first-order valence-corrected chi connectivity index (χ1v) is 6.74. The maximum absolute atomic E-state index is 11.1. The molecule has 0 unspecified atom stereocenters. The van der Waals surface area contributed by atoms with Crippen LogP contribution in [0.2, 0.25) is 0 Å². The summed E-state index contributed by atoms with van der Waals surface area (Å²) in [6.45, 7) is 0. The Balaban J connectivity index is 2.20. The molecule has 4 nitrogen and oxygen atoms in total. The van der Waals surface area contributed by atoms with E-state index in [9.17, 15) is 10.1 Å². The highest BCUT2D eigenvalue weighted by molar-refractivity contribution is 9.10. The van der Waals surface area contributed by atoms with Crippen LogP contribution >= 0.6 is 15.9 Å². The topological polar surface area (TPSA) is 56.0 Å². The molecular formula is C15H9BrN2O2. The number of nitro benzene ring substituents is 1. The van der Waals surface area contributed by atoms with Gasteiger partial charge in [0.05, 0.1) is 21.7 Å². The molecule has 0 fully saturated rings. The van der Waals surface area contributed by atoms with Crippen molar-refractivity contribution < 1.29 is 4.92 Å². The summed E-state index contributed by atoms with van der Waals surface area (Å²) >= 11 is 3.41. The average molecular weight is 329 g/mol. The minimum atomic E-state index is -0.386. The lowest BCUT2D eigenvalue weighted by Gasteiger charge is -2.04. The molecule has 0 bridgehead atoms. The number of pyridine rings is 1. The Bertz CT molecular complexity index is 818. The number of rotatable bonds is 2. The minimum Gasteiger partial charge on any atom is -0.258 e. The molecule has 0 aliphatic rings. The smallest absolute Gasteiger partial charge is 0.258 e. The number of fused-ring (bicyclic) bond motifs is 1. The highest BCUT2D eigenvalue weighted by atomic mass is 79.9. The van der Waals surface area contributed by atoms with E-state index in [0.29, 0.717) is 11.3 Å². The lowest BCUT2D eigenvalue weighted by molar-refractivity contribution is -0.384. The zero-order valence-electron chi connectivity index (χ0n) is 10.3. The van der Waals surface area contributed by atoms with Gasteiger partial charge in [-0.25, -0.2) is 4.98 Å². The van der Waals surface area contributed by atoms with Crippen LogP contribution in [0.25, 0.3) is 22.2 Å². The van der Waals surface area contributed by atoms with Crippen molar-refractivity contribution in [2.75, 3.05) is 0 Å². The van der Waals surface area contributed by atoms with Crippen LogP contribution in [0.3, 0.4) is 0 Å². The highest BCUT2D eigenvalue weighted by Crippen LogP contribution is 2.29. The Kier molecular flexibility index (Phi) is 3.20. The number of para-hydroxylation sites is 1. The number of benzene rings is 2. The number of halogens is 1. The van der Waals surface area contributed by atoms with Crippen molar-refractivity contribution in [3.63, 3.8) is 0 Å². The lowest BCUT2D eigenvalue weighted by atomic mass is 10.1. The fourth-order valence-electron chi connectivity index (χ4n) is 2.10. The van der Waals surface area contributed by atoms with Crippen molar-refractivity contribution in [3.05, 3.63) is 69.2 Å². The van der Waals surface area contributed by atoms with Gasteiger partial charge in [0, 0.05) is 15.9 Å². The molecule has 5 heteroatoms. The molecular weight excluding hydrogens is 320 g/mol. The first kappa shape index (κ1) is 12.7. The predicted octanol–water partition coefficient (Wildman–Crippen LogP) is 4.57. The van der Waals surface area contributed by atoms with Crippen LogP contribution in [-0.2, 0) is 0 Å². The second-order valence-electron chi connectivity index (χ2n) is 4.31. The van der Waals surface area contributed by atoms with Gasteiger partial charge in [-0.15, -0.1) is 0 Å². The number of hydrogen-bond acceptors (Lipinski definition) is 3. The molecule has 3 aromatic rings. The first-order chi connectivity index (χ1) is 9.65. The normalized spacial score (nSPS) is 10.7. The average Bonchev–Trinajstić information content (AvgIpc) is 2.46. The van der Waals surface area contributed by atoms with Crippen molar-refractivity contribution >= 4 is 32.5 Å². The largest absolute Gasteiger partial charge is 0.278 e. The Hall–Kier alpha value is -2.27. The van der Waals surface area contributed by atoms with E-state index >= 15 is 0 Å². The molecule has 0 N–H and O–H groups in total. The molecule has 20 heavy (non-hydrogen) atoms. The lowest BCUT2D eigenvalue weighted by Crippen LogP contribution is -1.93. The number of nitrogens with zero attached hydrogens (tertiary/aromatic N) is 2. The molecule has 0 aliphatic heterocycles. The maximum Gasteiger partial charge on any atom is 0.278 e. The van der Waals surface area contributed by atoms with E-state index in [1.807, 2.05) is 24.3 Å². The van der Waals surface area contributed by atoms with Crippen molar-refractivity contribution in [1.29, 1.82) is 0 Å². The molecule has 0 saturated carbocycles. The minimum absolute atomic E-state index is 0.0662. The third kappa shape index (κ3) is 2.28. The van der Waals surface area contributed by atoms with E-state index in [1.165, 1.54) is 6.07 Å². The molecule has 0 atom stereocenters. The maximum atomic E-state index is 11.1. The third-order valence-corrected chi connectivity index (χ3v) is 3.52. The van der Waals surface area contributed by atoms with Crippen LogP contribution in [0.15, 0.2) is 59.1 Å². The first-order valence-electron chi connectivity index (χ1n) is 5.95.